The topological polar surface area (TPSA) is 71.9 Å². The molecular formula is C20H27N5O2. The van der Waals surface area contributed by atoms with Gasteiger partial charge in [0.1, 0.15) is 17.4 Å². The minimum absolute atomic E-state index is 0.680. The van der Waals surface area contributed by atoms with Crippen molar-refractivity contribution in [3.63, 3.8) is 0 Å². The van der Waals surface area contributed by atoms with Crippen molar-refractivity contribution in [1.29, 1.82) is 0 Å². The number of rotatable bonds is 8. The smallest absolute Gasteiger partial charge is 0.152 e. The first-order valence-electron chi connectivity index (χ1n) is 9.45. The SMILES string of the molecule is CCCCOc1ccc(/C=N\Nc2cc(N3CCOCC3)nc(C)n2)cc1. The van der Waals surface area contributed by atoms with Crippen molar-refractivity contribution in [2.75, 3.05) is 43.2 Å². The second-order valence-electron chi connectivity index (χ2n) is 6.40. The third-order valence-electron chi connectivity index (χ3n) is 4.20. The standard InChI is InChI=1S/C20H27N5O2/c1-3-4-11-27-18-7-5-17(6-8-18)15-21-24-19-14-20(23-16(2)22-19)25-9-12-26-13-10-25/h5-8,14-15H,3-4,9-13H2,1-2H3,(H,22,23,24)/b21-15-. The van der Waals surface area contributed by atoms with E-state index in [2.05, 4.69) is 32.3 Å². The zero-order valence-corrected chi connectivity index (χ0v) is 16.0. The quantitative estimate of drug-likeness (QED) is 0.437. The predicted molar refractivity (Wildman–Crippen MR) is 108 cm³/mol. The van der Waals surface area contributed by atoms with Gasteiger partial charge in [-0.25, -0.2) is 9.97 Å². The normalized spacial score (nSPS) is 14.5. The van der Waals surface area contributed by atoms with Crippen molar-refractivity contribution in [2.24, 2.45) is 5.10 Å². The zero-order valence-electron chi connectivity index (χ0n) is 16.0. The monoisotopic (exact) mass is 369 g/mol. The Bertz CT molecular complexity index is 743. The molecule has 144 valence electrons. The molecule has 1 aromatic carbocycles. The number of aryl methyl sites for hydroxylation is 1. The van der Waals surface area contributed by atoms with Crippen LogP contribution in [0, 0.1) is 6.92 Å². The number of unbranched alkanes of at least 4 members (excludes halogenated alkanes) is 1. The summed E-state index contributed by atoms with van der Waals surface area (Å²) in [6.45, 7) is 7.92. The molecule has 0 bridgehead atoms. The number of aromatic nitrogens is 2. The predicted octanol–water partition coefficient (Wildman–Crippen LogP) is 3.25. The van der Waals surface area contributed by atoms with E-state index in [9.17, 15) is 0 Å². The van der Waals surface area contributed by atoms with Crippen molar-refractivity contribution in [3.8, 4) is 5.75 Å². The fourth-order valence-electron chi connectivity index (χ4n) is 2.72. The van der Waals surface area contributed by atoms with Crippen molar-refractivity contribution in [1.82, 2.24) is 9.97 Å². The van der Waals surface area contributed by atoms with E-state index in [4.69, 9.17) is 9.47 Å². The highest BCUT2D eigenvalue weighted by Crippen LogP contribution is 2.17. The molecule has 1 aliphatic rings. The molecule has 1 saturated heterocycles. The Hall–Kier alpha value is -2.67. The van der Waals surface area contributed by atoms with Crippen molar-refractivity contribution < 1.29 is 9.47 Å². The highest BCUT2D eigenvalue weighted by Gasteiger charge is 2.13. The number of ether oxygens (including phenoxy) is 2. The average molecular weight is 369 g/mol. The third-order valence-corrected chi connectivity index (χ3v) is 4.20. The lowest BCUT2D eigenvalue weighted by atomic mass is 10.2. The van der Waals surface area contributed by atoms with Gasteiger partial charge < -0.3 is 14.4 Å². The highest BCUT2D eigenvalue weighted by molar-refractivity contribution is 5.80. The van der Waals surface area contributed by atoms with Crippen LogP contribution in [0.4, 0.5) is 11.6 Å². The maximum Gasteiger partial charge on any atom is 0.152 e. The van der Waals surface area contributed by atoms with Crippen LogP contribution in [0.2, 0.25) is 0 Å². The van der Waals surface area contributed by atoms with E-state index in [1.807, 2.05) is 37.3 Å². The number of nitrogens with one attached hydrogen (secondary N) is 1. The van der Waals surface area contributed by atoms with Gasteiger partial charge in [-0.15, -0.1) is 0 Å². The maximum atomic E-state index is 5.67. The summed E-state index contributed by atoms with van der Waals surface area (Å²) in [5.41, 5.74) is 3.99. The minimum Gasteiger partial charge on any atom is -0.494 e. The van der Waals surface area contributed by atoms with Gasteiger partial charge in [-0.05, 0) is 43.2 Å². The number of hydrogen-bond donors (Lipinski definition) is 1. The fraction of sp³-hybridized carbons (Fsp3) is 0.450. The van der Waals surface area contributed by atoms with Crippen LogP contribution < -0.4 is 15.1 Å². The third kappa shape index (κ3) is 5.92. The van der Waals surface area contributed by atoms with Gasteiger partial charge in [0.05, 0.1) is 26.0 Å². The summed E-state index contributed by atoms with van der Waals surface area (Å²) in [6, 6.07) is 9.80. The summed E-state index contributed by atoms with van der Waals surface area (Å²) in [7, 11) is 0. The maximum absolute atomic E-state index is 5.67. The summed E-state index contributed by atoms with van der Waals surface area (Å²) >= 11 is 0. The molecule has 0 spiro atoms. The Morgan fingerprint density at radius 2 is 2.00 bits per heavy atom. The van der Waals surface area contributed by atoms with Crippen molar-refractivity contribution in [2.45, 2.75) is 26.7 Å². The van der Waals surface area contributed by atoms with Gasteiger partial charge in [0.2, 0.25) is 0 Å². The van der Waals surface area contributed by atoms with Gasteiger partial charge in [0, 0.05) is 19.2 Å². The molecule has 0 radical (unpaired) electrons. The first kappa shape index (κ1) is 19.1. The average Bonchev–Trinajstić information content (AvgIpc) is 2.70. The molecule has 0 aliphatic carbocycles. The van der Waals surface area contributed by atoms with Crippen molar-refractivity contribution in [3.05, 3.63) is 41.7 Å². The van der Waals surface area contributed by atoms with Crippen LogP contribution in [0.15, 0.2) is 35.4 Å². The number of anilines is 2. The lowest BCUT2D eigenvalue weighted by molar-refractivity contribution is 0.122. The summed E-state index contributed by atoms with van der Waals surface area (Å²) < 4.78 is 11.1. The van der Waals surface area contributed by atoms with E-state index in [1.165, 1.54) is 0 Å². The number of nitrogens with zero attached hydrogens (tertiary/aromatic N) is 4. The summed E-state index contributed by atoms with van der Waals surface area (Å²) in [6.07, 6.45) is 3.96. The Balaban J connectivity index is 1.58. The minimum atomic E-state index is 0.680. The molecule has 1 aliphatic heterocycles. The number of hydrogen-bond acceptors (Lipinski definition) is 7. The molecule has 1 aromatic heterocycles. The molecular weight excluding hydrogens is 342 g/mol. The fourth-order valence-corrected chi connectivity index (χ4v) is 2.72. The molecule has 7 heteroatoms. The van der Waals surface area contributed by atoms with Crippen LogP contribution in [0.1, 0.15) is 31.2 Å². The lowest BCUT2D eigenvalue weighted by Gasteiger charge is -2.28. The van der Waals surface area contributed by atoms with Crippen LogP contribution in [-0.4, -0.2) is 49.1 Å². The lowest BCUT2D eigenvalue weighted by Crippen LogP contribution is -2.36. The highest BCUT2D eigenvalue weighted by atomic mass is 16.5. The largest absolute Gasteiger partial charge is 0.494 e. The van der Waals surface area contributed by atoms with Crippen LogP contribution >= 0.6 is 0 Å². The van der Waals surface area contributed by atoms with Gasteiger partial charge in [-0.3, -0.25) is 5.43 Å². The zero-order chi connectivity index (χ0) is 18.9. The van der Waals surface area contributed by atoms with E-state index < -0.39 is 0 Å². The molecule has 27 heavy (non-hydrogen) atoms. The number of hydrazone groups is 1. The van der Waals surface area contributed by atoms with E-state index in [-0.39, 0.29) is 0 Å². The molecule has 1 fully saturated rings. The first-order chi connectivity index (χ1) is 13.2. The van der Waals surface area contributed by atoms with Crippen LogP contribution in [0.25, 0.3) is 0 Å². The van der Waals surface area contributed by atoms with E-state index in [0.29, 0.717) is 11.6 Å². The van der Waals surface area contributed by atoms with E-state index in [1.54, 1.807) is 6.21 Å². The molecule has 0 amide bonds. The number of benzene rings is 1. The second-order valence-corrected chi connectivity index (χ2v) is 6.40. The molecule has 0 atom stereocenters. The molecule has 7 nitrogen and oxygen atoms in total. The Labute approximate surface area is 160 Å². The molecule has 0 saturated carbocycles. The van der Waals surface area contributed by atoms with Gasteiger partial charge in [0.15, 0.2) is 5.82 Å². The van der Waals surface area contributed by atoms with Gasteiger partial charge in [-0.1, -0.05) is 13.3 Å². The van der Waals surface area contributed by atoms with Gasteiger partial charge in [0.25, 0.3) is 0 Å². The summed E-state index contributed by atoms with van der Waals surface area (Å²) in [5.74, 6) is 3.18. The second kappa shape index (κ2) is 9.87. The summed E-state index contributed by atoms with van der Waals surface area (Å²) in [5, 5.41) is 4.29. The number of morpholine rings is 1. The van der Waals surface area contributed by atoms with E-state index >= 15 is 0 Å². The molecule has 1 N–H and O–H groups in total. The van der Waals surface area contributed by atoms with Gasteiger partial charge in [-0.2, -0.15) is 5.10 Å². The molecule has 0 unspecified atom stereocenters. The first-order valence-corrected chi connectivity index (χ1v) is 9.45. The van der Waals surface area contributed by atoms with Crippen LogP contribution in [0.5, 0.6) is 5.75 Å². The van der Waals surface area contributed by atoms with Crippen LogP contribution in [0.3, 0.4) is 0 Å². The molecule has 3 rings (SSSR count). The van der Waals surface area contributed by atoms with E-state index in [0.717, 1.165) is 62.9 Å². The molecule has 2 aromatic rings. The van der Waals surface area contributed by atoms with Gasteiger partial charge >= 0.3 is 0 Å². The summed E-state index contributed by atoms with van der Waals surface area (Å²) in [4.78, 5) is 11.1. The Morgan fingerprint density at radius 1 is 1.22 bits per heavy atom. The molecule has 2 heterocycles. The van der Waals surface area contributed by atoms with Crippen LogP contribution in [-0.2, 0) is 4.74 Å². The van der Waals surface area contributed by atoms with Crippen molar-refractivity contribution >= 4 is 17.9 Å². The Kier molecular flexibility index (Phi) is 6.98. The Morgan fingerprint density at radius 3 is 2.74 bits per heavy atom.